The molecule has 3 rings (SSSR count). The Labute approximate surface area is 115 Å². The number of furan rings is 1. The second kappa shape index (κ2) is 4.79. The molecule has 0 bridgehead atoms. The molecular weight excluding hydrogens is 258 g/mol. The topological polar surface area (TPSA) is 36.9 Å². The minimum atomic E-state index is 0.352. The fourth-order valence-electron chi connectivity index (χ4n) is 2.19. The molecular formula is C16H10ClNO. The molecule has 0 unspecified atom stereocenters. The lowest BCUT2D eigenvalue weighted by Gasteiger charge is -2.00. The molecule has 0 aliphatic heterocycles. The standard InChI is InChI=1S/C16H10ClNO/c17-13-6-4-11(5-7-13)15-10-19-16-12(8-9-18)2-1-3-14(15)16/h1-7,10H,8H2. The van der Waals surface area contributed by atoms with E-state index in [0.717, 1.165) is 27.7 Å². The highest BCUT2D eigenvalue weighted by molar-refractivity contribution is 6.30. The first-order valence-corrected chi connectivity index (χ1v) is 6.29. The zero-order valence-electron chi connectivity index (χ0n) is 10.1. The van der Waals surface area contributed by atoms with E-state index in [2.05, 4.69) is 6.07 Å². The van der Waals surface area contributed by atoms with Crippen LogP contribution < -0.4 is 0 Å². The van der Waals surface area contributed by atoms with Crippen molar-refractivity contribution < 1.29 is 4.42 Å². The molecule has 92 valence electrons. The summed E-state index contributed by atoms with van der Waals surface area (Å²) in [7, 11) is 0. The second-order valence-electron chi connectivity index (χ2n) is 4.28. The highest BCUT2D eigenvalue weighted by Gasteiger charge is 2.10. The van der Waals surface area contributed by atoms with Crippen LogP contribution in [0.5, 0.6) is 0 Å². The van der Waals surface area contributed by atoms with Gasteiger partial charge in [-0.2, -0.15) is 5.26 Å². The molecule has 3 aromatic rings. The van der Waals surface area contributed by atoms with Crippen LogP contribution in [0.2, 0.25) is 5.02 Å². The summed E-state index contributed by atoms with van der Waals surface area (Å²) in [5, 5.41) is 10.6. The number of halogens is 1. The summed E-state index contributed by atoms with van der Waals surface area (Å²) < 4.78 is 5.63. The number of fused-ring (bicyclic) bond motifs is 1. The lowest BCUT2D eigenvalue weighted by molar-refractivity contribution is 0.613. The first-order chi connectivity index (χ1) is 9.29. The van der Waals surface area contributed by atoms with Gasteiger partial charge < -0.3 is 4.42 Å². The van der Waals surface area contributed by atoms with Crippen LogP contribution in [0.1, 0.15) is 5.56 Å². The van der Waals surface area contributed by atoms with E-state index in [1.807, 2.05) is 42.5 Å². The van der Waals surface area contributed by atoms with Gasteiger partial charge in [0.15, 0.2) is 0 Å². The van der Waals surface area contributed by atoms with Crippen molar-refractivity contribution in [3.8, 4) is 17.2 Å². The van der Waals surface area contributed by atoms with E-state index in [1.165, 1.54) is 0 Å². The smallest absolute Gasteiger partial charge is 0.138 e. The van der Waals surface area contributed by atoms with Crippen LogP contribution in [0.3, 0.4) is 0 Å². The van der Waals surface area contributed by atoms with Crippen molar-refractivity contribution in [3.63, 3.8) is 0 Å². The fraction of sp³-hybridized carbons (Fsp3) is 0.0625. The fourth-order valence-corrected chi connectivity index (χ4v) is 2.32. The molecule has 1 heterocycles. The molecule has 1 aromatic heterocycles. The largest absolute Gasteiger partial charge is 0.463 e. The average molecular weight is 268 g/mol. The number of rotatable bonds is 2. The van der Waals surface area contributed by atoms with Crippen LogP contribution >= 0.6 is 11.6 Å². The zero-order valence-corrected chi connectivity index (χ0v) is 10.8. The molecule has 2 nitrogen and oxygen atoms in total. The maximum Gasteiger partial charge on any atom is 0.138 e. The molecule has 0 saturated carbocycles. The van der Waals surface area contributed by atoms with Gasteiger partial charge >= 0.3 is 0 Å². The Kier molecular flexibility index (Phi) is 2.98. The molecule has 0 saturated heterocycles. The predicted molar refractivity (Wildman–Crippen MR) is 76.0 cm³/mol. The molecule has 0 fully saturated rings. The van der Waals surface area contributed by atoms with Crippen molar-refractivity contribution in [3.05, 3.63) is 59.3 Å². The summed E-state index contributed by atoms with van der Waals surface area (Å²) in [6.07, 6.45) is 2.08. The van der Waals surface area contributed by atoms with E-state index in [1.54, 1.807) is 6.26 Å². The molecule has 3 heteroatoms. The van der Waals surface area contributed by atoms with Gasteiger partial charge in [0.05, 0.1) is 18.8 Å². The molecule has 0 radical (unpaired) electrons. The van der Waals surface area contributed by atoms with Gasteiger partial charge in [-0.3, -0.25) is 0 Å². The highest BCUT2D eigenvalue weighted by atomic mass is 35.5. The van der Waals surface area contributed by atoms with Gasteiger partial charge in [-0.15, -0.1) is 0 Å². The SMILES string of the molecule is N#CCc1cccc2c(-c3ccc(Cl)cc3)coc12. The summed E-state index contributed by atoms with van der Waals surface area (Å²) >= 11 is 5.90. The Morgan fingerprint density at radius 3 is 2.63 bits per heavy atom. The van der Waals surface area contributed by atoms with E-state index < -0.39 is 0 Å². The third kappa shape index (κ3) is 2.09. The Morgan fingerprint density at radius 1 is 1.11 bits per heavy atom. The van der Waals surface area contributed by atoms with Gasteiger partial charge in [-0.25, -0.2) is 0 Å². The number of para-hydroxylation sites is 1. The lowest BCUT2D eigenvalue weighted by atomic mass is 10.0. The summed E-state index contributed by atoms with van der Waals surface area (Å²) in [5.74, 6) is 0. The van der Waals surface area contributed by atoms with Crippen LogP contribution in [0.15, 0.2) is 53.1 Å². The Balaban J connectivity index is 2.18. The number of nitrogens with zero attached hydrogens (tertiary/aromatic N) is 1. The maximum atomic E-state index is 8.83. The molecule has 0 atom stereocenters. The van der Waals surface area contributed by atoms with Crippen molar-refractivity contribution in [2.45, 2.75) is 6.42 Å². The average Bonchev–Trinajstić information content (AvgIpc) is 2.85. The monoisotopic (exact) mass is 267 g/mol. The van der Waals surface area contributed by atoms with Gasteiger partial charge in [0, 0.05) is 21.5 Å². The molecule has 0 amide bonds. The minimum absolute atomic E-state index is 0.352. The summed E-state index contributed by atoms with van der Waals surface area (Å²) in [6.45, 7) is 0. The van der Waals surface area contributed by atoms with Crippen LogP contribution in [0, 0.1) is 11.3 Å². The van der Waals surface area contributed by atoms with Gasteiger partial charge in [0.1, 0.15) is 5.58 Å². The molecule has 0 aliphatic rings. The molecule has 2 aromatic carbocycles. The van der Waals surface area contributed by atoms with Crippen molar-refractivity contribution in [2.24, 2.45) is 0 Å². The lowest BCUT2D eigenvalue weighted by Crippen LogP contribution is -1.82. The van der Waals surface area contributed by atoms with Crippen LogP contribution in [0.25, 0.3) is 22.1 Å². The Morgan fingerprint density at radius 2 is 1.89 bits per heavy atom. The van der Waals surface area contributed by atoms with Gasteiger partial charge in [0.2, 0.25) is 0 Å². The predicted octanol–water partition coefficient (Wildman–Crippen LogP) is 4.82. The minimum Gasteiger partial charge on any atom is -0.463 e. The molecule has 0 spiro atoms. The van der Waals surface area contributed by atoms with Crippen molar-refractivity contribution in [2.75, 3.05) is 0 Å². The van der Waals surface area contributed by atoms with E-state index in [4.69, 9.17) is 21.3 Å². The number of hydrogen-bond donors (Lipinski definition) is 0. The molecule has 0 aliphatic carbocycles. The van der Waals surface area contributed by atoms with E-state index in [0.29, 0.717) is 11.4 Å². The van der Waals surface area contributed by atoms with Crippen molar-refractivity contribution in [1.82, 2.24) is 0 Å². The van der Waals surface area contributed by atoms with E-state index >= 15 is 0 Å². The quantitative estimate of drug-likeness (QED) is 0.667. The normalized spacial score (nSPS) is 10.5. The summed E-state index contributed by atoms with van der Waals surface area (Å²) in [6, 6.07) is 15.7. The third-order valence-corrected chi connectivity index (χ3v) is 3.36. The molecule has 0 N–H and O–H groups in total. The van der Waals surface area contributed by atoms with Crippen molar-refractivity contribution in [1.29, 1.82) is 5.26 Å². The van der Waals surface area contributed by atoms with Crippen molar-refractivity contribution >= 4 is 22.6 Å². The summed E-state index contributed by atoms with van der Waals surface area (Å²) in [4.78, 5) is 0. The number of nitriles is 1. The maximum absolute atomic E-state index is 8.83. The van der Waals surface area contributed by atoms with E-state index in [9.17, 15) is 0 Å². The van der Waals surface area contributed by atoms with Crippen LogP contribution in [-0.4, -0.2) is 0 Å². The molecule has 19 heavy (non-hydrogen) atoms. The Bertz CT molecular complexity index is 766. The number of benzene rings is 2. The first-order valence-electron chi connectivity index (χ1n) is 5.91. The second-order valence-corrected chi connectivity index (χ2v) is 4.72. The van der Waals surface area contributed by atoms with Gasteiger partial charge in [-0.1, -0.05) is 41.9 Å². The summed E-state index contributed by atoms with van der Waals surface area (Å²) in [5.41, 5.74) is 3.78. The van der Waals surface area contributed by atoms with Gasteiger partial charge in [-0.05, 0) is 17.7 Å². The number of hydrogen-bond acceptors (Lipinski definition) is 2. The third-order valence-electron chi connectivity index (χ3n) is 3.11. The Hall–Kier alpha value is -2.24. The van der Waals surface area contributed by atoms with Crippen LogP contribution in [0.4, 0.5) is 0 Å². The van der Waals surface area contributed by atoms with Gasteiger partial charge in [0.25, 0.3) is 0 Å². The van der Waals surface area contributed by atoms with E-state index in [-0.39, 0.29) is 0 Å². The zero-order chi connectivity index (χ0) is 13.2. The first kappa shape index (κ1) is 11.8. The highest BCUT2D eigenvalue weighted by Crippen LogP contribution is 2.32. The van der Waals surface area contributed by atoms with Crippen LogP contribution in [-0.2, 0) is 6.42 Å².